The van der Waals surface area contributed by atoms with Crippen LogP contribution in [-0.4, -0.2) is 25.9 Å². The minimum absolute atomic E-state index is 0.110. The van der Waals surface area contributed by atoms with Crippen molar-refractivity contribution >= 4 is 21.6 Å². The van der Waals surface area contributed by atoms with Gasteiger partial charge in [-0.15, -0.1) is 6.58 Å². The Bertz CT molecular complexity index is 1220. The third-order valence-electron chi connectivity index (χ3n) is 4.34. The first-order valence-electron chi connectivity index (χ1n) is 9.52. The van der Waals surface area contributed by atoms with E-state index in [-0.39, 0.29) is 22.2 Å². The molecule has 3 rings (SSSR count). The van der Waals surface area contributed by atoms with Gasteiger partial charge >= 0.3 is 0 Å². The molecule has 0 atom stereocenters. The first-order chi connectivity index (χ1) is 14.8. The van der Waals surface area contributed by atoms with Gasteiger partial charge in [-0.05, 0) is 49.7 Å². The molecule has 0 bridgehead atoms. The zero-order valence-electron chi connectivity index (χ0n) is 17.3. The number of carbonyl (C=O) groups excluding carboxylic acids is 1. The number of nitrogens with one attached hydrogen (secondary N) is 2. The first kappa shape index (κ1) is 22.0. The summed E-state index contributed by atoms with van der Waals surface area (Å²) in [6.07, 6.45) is 3.08. The number of hydrogen-bond donors (Lipinski definition) is 2. The van der Waals surface area contributed by atoms with E-state index in [0.717, 1.165) is 5.56 Å². The van der Waals surface area contributed by atoms with Crippen LogP contribution in [0.2, 0.25) is 0 Å². The van der Waals surface area contributed by atoms with E-state index in [1.54, 1.807) is 55.5 Å². The SMILES string of the molecule is C=CCNC(=O)c1cccnc1Oc1cccc(NS(=O)(=O)c2ccc(C)cc2C)c1. The summed E-state index contributed by atoms with van der Waals surface area (Å²) in [5, 5.41) is 2.68. The lowest BCUT2D eigenvalue weighted by Gasteiger charge is -2.13. The summed E-state index contributed by atoms with van der Waals surface area (Å²) >= 11 is 0. The third-order valence-corrected chi connectivity index (χ3v) is 5.88. The fourth-order valence-corrected chi connectivity index (χ4v) is 4.23. The van der Waals surface area contributed by atoms with E-state index < -0.39 is 10.0 Å². The minimum atomic E-state index is -3.78. The molecular weight excluding hydrogens is 414 g/mol. The summed E-state index contributed by atoms with van der Waals surface area (Å²) < 4.78 is 34.0. The highest BCUT2D eigenvalue weighted by Crippen LogP contribution is 2.27. The van der Waals surface area contributed by atoms with Crippen LogP contribution in [0.25, 0.3) is 0 Å². The lowest BCUT2D eigenvalue weighted by Crippen LogP contribution is -2.23. The standard InChI is InChI=1S/C23H23N3O4S/c1-4-12-24-22(27)20-9-6-13-25-23(20)30-19-8-5-7-18(15-19)26-31(28,29)21-11-10-16(2)14-17(21)3/h4-11,13-15,26H,1,12H2,2-3H3,(H,24,27). The molecule has 1 aromatic heterocycles. The Labute approximate surface area is 181 Å². The van der Waals surface area contributed by atoms with Gasteiger partial charge in [-0.2, -0.15) is 0 Å². The van der Waals surface area contributed by atoms with Gasteiger partial charge in [0, 0.05) is 18.8 Å². The van der Waals surface area contributed by atoms with Gasteiger partial charge in [0.15, 0.2) is 0 Å². The second-order valence-corrected chi connectivity index (χ2v) is 8.51. The van der Waals surface area contributed by atoms with Crippen LogP contribution in [0.3, 0.4) is 0 Å². The van der Waals surface area contributed by atoms with Gasteiger partial charge in [0.05, 0.1) is 10.6 Å². The van der Waals surface area contributed by atoms with Gasteiger partial charge < -0.3 is 10.1 Å². The molecular formula is C23H23N3O4S. The summed E-state index contributed by atoms with van der Waals surface area (Å²) in [5.74, 6) is 0.0884. The average molecular weight is 438 g/mol. The molecule has 0 fully saturated rings. The van der Waals surface area contributed by atoms with E-state index in [2.05, 4.69) is 21.6 Å². The predicted molar refractivity (Wildman–Crippen MR) is 120 cm³/mol. The van der Waals surface area contributed by atoms with Crippen molar-refractivity contribution in [2.45, 2.75) is 18.7 Å². The van der Waals surface area contributed by atoms with Crippen molar-refractivity contribution in [2.75, 3.05) is 11.3 Å². The van der Waals surface area contributed by atoms with Crippen LogP contribution in [0.15, 0.2) is 78.3 Å². The molecule has 0 aliphatic rings. The number of anilines is 1. The van der Waals surface area contributed by atoms with Crippen molar-refractivity contribution in [3.05, 3.63) is 90.1 Å². The van der Waals surface area contributed by atoms with E-state index in [1.807, 2.05) is 13.0 Å². The van der Waals surface area contributed by atoms with Crippen LogP contribution >= 0.6 is 0 Å². The van der Waals surface area contributed by atoms with Crippen molar-refractivity contribution in [1.29, 1.82) is 0 Å². The van der Waals surface area contributed by atoms with Gasteiger partial charge in [0.1, 0.15) is 11.3 Å². The van der Waals surface area contributed by atoms with E-state index in [0.29, 0.717) is 23.5 Å². The Morgan fingerprint density at radius 3 is 2.68 bits per heavy atom. The fourth-order valence-electron chi connectivity index (χ4n) is 2.95. The largest absolute Gasteiger partial charge is 0.438 e. The van der Waals surface area contributed by atoms with Gasteiger partial charge in [-0.3, -0.25) is 9.52 Å². The number of rotatable bonds is 8. The monoisotopic (exact) mass is 437 g/mol. The molecule has 7 nitrogen and oxygen atoms in total. The highest BCUT2D eigenvalue weighted by atomic mass is 32.2. The number of hydrogen-bond acceptors (Lipinski definition) is 5. The number of sulfonamides is 1. The average Bonchev–Trinajstić information content (AvgIpc) is 2.72. The van der Waals surface area contributed by atoms with E-state index >= 15 is 0 Å². The number of aromatic nitrogens is 1. The molecule has 0 radical (unpaired) electrons. The third kappa shape index (κ3) is 5.49. The van der Waals surface area contributed by atoms with Crippen molar-refractivity contribution < 1.29 is 17.9 Å². The fraction of sp³-hybridized carbons (Fsp3) is 0.130. The maximum Gasteiger partial charge on any atom is 0.262 e. The molecule has 0 unspecified atom stereocenters. The number of amides is 1. The summed E-state index contributed by atoms with van der Waals surface area (Å²) in [7, 11) is -3.78. The first-order valence-corrected chi connectivity index (χ1v) is 11.0. The van der Waals surface area contributed by atoms with Gasteiger partial charge in [0.2, 0.25) is 5.88 Å². The van der Waals surface area contributed by atoms with Crippen molar-refractivity contribution in [3.63, 3.8) is 0 Å². The Balaban J connectivity index is 1.83. The lowest BCUT2D eigenvalue weighted by atomic mass is 10.2. The van der Waals surface area contributed by atoms with E-state index in [1.165, 1.54) is 12.3 Å². The number of pyridine rings is 1. The Morgan fingerprint density at radius 1 is 1.13 bits per heavy atom. The second kappa shape index (κ2) is 9.44. The lowest BCUT2D eigenvalue weighted by molar-refractivity contribution is 0.0955. The van der Waals surface area contributed by atoms with Crippen molar-refractivity contribution in [3.8, 4) is 11.6 Å². The Hall–Kier alpha value is -3.65. The van der Waals surface area contributed by atoms with Crippen LogP contribution < -0.4 is 14.8 Å². The number of nitrogens with zero attached hydrogens (tertiary/aromatic N) is 1. The maximum absolute atomic E-state index is 12.8. The summed E-state index contributed by atoms with van der Waals surface area (Å²) in [6.45, 7) is 7.53. The molecule has 8 heteroatoms. The smallest absolute Gasteiger partial charge is 0.262 e. The van der Waals surface area contributed by atoms with Crippen LogP contribution in [0.5, 0.6) is 11.6 Å². The summed E-state index contributed by atoms with van der Waals surface area (Å²) in [4.78, 5) is 16.6. The molecule has 0 aliphatic carbocycles. The molecule has 3 aromatic rings. The number of ether oxygens (including phenoxy) is 1. The molecule has 0 aliphatic heterocycles. The van der Waals surface area contributed by atoms with Gasteiger partial charge in [-0.25, -0.2) is 13.4 Å². The van der Waals surface area contributed by atoms with Crippen LogP contribution in [0.1, 0.15) is 21.5 Å². The molecule has 0 saturated carbocycles. The zero-order valence-corrected chi connectivity index (χ0v) is 18.1. The summed E-state index contributed by atoms with van der Waals surface area (Å²) in [6, 6.07) is 14.8. The molecule has 160 valence electrons. The van der Waals surface area contributed by atoms with Crippen molar-refractivity contribution in [1.82, 2.24) is 10.3 Å². The maximum atomic E-state index is 12.8. The molecule has 2 N–H and O–H groups in total. The summed E-state index contributed by atoms with van der Waals surface area (Å²) in [5.41, 5.74) is 2.22. The number of carbonyl (C=O) groups is 1. The molecule has 1 amide bonds. The highest BCUT2D eigenvalue weighted by molar-refractivity contribution is 7.92. The zero-order chi connectivity index (χ0) is 22.4. The quantitative estimate of drug-likeness (QED) is 0.515. The Kier molecular flexibility index (Phi) is 6.71. The van der Waals surface area contributed by atoms with Crippen LogP contribution in [-0.2, 0) is 10.0 Å². The minimum Gasteiger partial charge on any atom is -0.438 e. The normalized spacial score (nSPS) is 10.9. The molecule has 0 saturated heterocycles. The van der Waals surface area contributed by atoms with Crippen LogP contribution in [0.4, 0.5) is 5.69 Å². The van der Waals surface area contributed by atoms with Gasteiger partial charge in [0.25, 0.3) is 15.9 Å². The van der Waals surface area contributed by atoms with E-state index in [4.69, 9.17) is 4.74 Å². The second-order valence-electron chi connectivity index (χ2n) is 6.86. The Morgan fingerprint density at radius 2 is 1.94 bits per heavy atom. The topological polar surface area (TPSA) is 97.4 Å². The highest BCUT2D eigenvalue weighted by Gasteiger charge is 2.18. The predicted octanol–water partition coefficient (Wildman–Crippen LogP) is 4.21. The van der Waals surface area contributed by atoms with Gasteiger partial charge in [-0.1, -0.05) is 29.8 Å². The molecule has 31 heavy (non-hydrogen) atoms. The number of benzene rings is 2. The number of aryl methyl sites for hydroxylation is 2. The van der Waals surface area contributed by atoms with Crippen molar-refractivity contribution in [2.24, 2.45) is 0 Å². The molecule has 1 heterocycles. The van der Waals surface area contributed by atoms with Crippen LogP contribution in [0, 0.1) is 13.8 Å². The molecule has 2 aromatic carbocycles. The van der Waals surface area contributed by atoms with E-state index in [9.17, 15) is 13.2 Å². The molecule has 0 spiro atoms.